The van der Waals surface area contributed by atoms with E-state index in [4.69, 9.17) is 4.99 Å². The highest BCUT2D eigenvalue weighted by atomic mass is 15.0. The third kappa shape index (κ3) is 0.884. The molecule has 0 aliphatic heterocycles. The number of hydrogen-bond donors (Lipinski definition) is 0. The maximum absolute atomic E-state index is 4.87. The van der Waals surface area contributed by atoms with Gasteiger partial charge in [0, 0.05) is 5.71 Å². The zero-order valence-corrected chi connectivity index (χ0v) is 8.01. The van der Waals surface area contributed by atoms with Crippen LogP contribution in [0.2, 0.25) is 0 Å². The molecule has 12 heavy (non-hydrogen) atoms. The predicted molar refractivity (Wildman–Crippen MR) is 50.5 cm³/mol. The van der Waals surface area contributed by atoms with Gasteiger partial charge in [-0.2, -0.15) is 0 Å². The SMILES string of the molecule is CC1[C@H](C2CC2)[C@]1(C)N=C1CC1. The second kappa shape index (κ2) is 1.94. The standard InChI is InChI=1S/C11H17N/c1-7-10(8-3-4-8)11(7,2)12-9-5-6-9/h7-8,10H,3-6H2,1-2H3/t7?,10-,11-/m1/s1. The molecule has 1 nitrogen and oxygen atoms in total. The van der Waals surface area contributed by atoms with Gasteiger partial charge in [-0.05, 0) is 50.4 Å². The Morgan fingerprint density at radius 2 is 2.00 bits per heavy atom. The van der Waals surface area contributed by atoms with Crippen molar-refractivity contribution in [1.29, 1.82) is 0 Å². The number of nitrogens with zero attached hydrogens (tertiary/aromatic N) is 1. The molecule has 66 valence electrons. The minimum atomic E-state index is 0.382. The van der Waals surface area contributed by atoms with Crippen LogP contribution in [0, 0.1) is 17.8 Å². The summed E-state index contributed by atoms with van der Waals surface area (Å²) in [6.07, 6.45) is 5.55. The summed E-state index contributed by atoms with van der Waals surface area (Å²) in [6, 6.07) is 0. The van der Waals surface area contributed by atoms with E-state index in [2.05, 4.69) is 13.8 Å². The quantitative estimate of drug-likeness (QED) is 0.593. The van der Waals surface area contributed by atoms with Crippen LogP contribution in [0.4, 0.5) is 0 Å². The van der Waals surface area contributed by atoms with E-state index in [1.165, 1.54) is 31.4 Å². The summed E-state index contributed by atoms with van der Waals surface area (Å²) in [6.45, 7) is 4.75. The van der Waals surface area contributed by atoms with Crippen molar-refractivity contribution in [3.8, 4) is 0 Å². The normalized spacial score (nSPS) is 50.7. The molecular formula is C11H17N. The zero-order valence-electron chi connectivity index (χ0n) is 8.01. The lowest BCUT2D eigenvalue weighted by molar-refractivity contribution is 0.593. The van der Waals surface area contributed by atoms with Gasteiger partial charge < -0.3 is 0 Å². The van der Waals surface area contributed by atoms with Crippen LogP contribution >= 0.6 is 0 Å². The van der Waals surface area contributed by atoms with Crippen LogP contribution in [0.15, 0.2) is 4.99 Å². The number of hydrogen-bond acceptors (Lipinski definition) is 1. The molecule has 0 aromatic heterocycles. The molecule has 0 aromatic rings. The van der Waals surface area contributed by atoms with Crippen molar-refractivity contribution in [2.24, 2.45) is 22.7 Å². The molecule has 1 heteroatoms. The van der Waals surface area contributed by atoms with Gasteiger partial charge in [0.25, 0.3) is 0 Å². The third-order valence-electron chi connectivity index (χ3n) is 4.03. The molecule has 0 amide bonds. The van der Waals surface area contributed by atoms with E-state index in [1.54, 1.807) is 0 Å². The van der Waals surface area contributed by atoms with Crippen molar-refractivity contribution in [2.75, 3.05) is 0 Å². The molecule has 3 atom stereocenters. The Morgan fingerprint density at radius 1 is 1.33 bits per heavy atom. The van der Waals surface area contributed by atoms with E-state index in [0.29, 0.717) is 5.54 Å². The van der Waals surface area contributed by atoms with E-state index in [1.807, 2.05) is 0 Å². The van der Waals surface area contributed by atoms with Crippen LogP contribution in [-0.2, 0) is 0 Å². The maximum Gasteiger partial charge on any atom is 0.0642 e. The molecule has 0 bridgehead atoms. The van der Waals surface area contributed by atoms with Gasteiger partial charge in [-0.1, -0.05) is 6.92 Å². The minimum Gasteiger partial charge on any atom is -0.287 e. The van der Waals surface area contributed by atoms with Crippen LogP contribution in [0.3, 0.4) is 0 Å². The summed E-state index contributed by atoms with van der Waals surface area (Å²) < 4.78 is 0. The highest BCUT2D eigenvalue weighted by Gasteiger charge is 2.64. The second-order valence-corrected chi connectivity index (χ2v) is 5.06. The van der Waals surface area contributed by atoms with Crippen LogP contribution in [0.1, 0.15) is 39.5 Å². The van der Waals surface area contributed by atoms with Crippen molar-refractivity contribution in [3.05, 3.63) is 0 Å². The first-order chi connectivity index (χ1) is 5.72. The van der Waals surface area contributed by atoms with E-state index in [-0.39, 0.29) is 0 Å². The Labute approximate surface area is 74.3 Å². The Hall–Kier alpha value is -0.330. The fourth-order valence-electron chi connectivity index (χ4n) is 2.77. The first kappa shape index (κ1) is 7.11. The summed E-state index contributed by atoms with van der Waals surface area (Å²) >= 11 is 0. The highest BCUT2D eigenvalue weighted by Crippen LogP contribution is 2.63. The average Bonchev–Trinajstić information content (AvgIpc) is 2.80. The number of rotatable bonds is 2. The van der Waals surface area contributed by atoms with Crippen molar-refractivity contribution in [1.82, 2.24) is 0 Å². The van der Waals surface area contributed by atoms with Gasteiger partial charge in [0.05, 0.1) is 5.54 Å². The largest absolute Gasteiger partial charge is 0.287 e. The molecule has 3 fully saturated rings. The molecule has 0 aromatic carbocycles. The zero-order chi connectivity index (χ0) is 8.34. The van der Waals surface area contributed by atoms with Crippen LogP contribution in [0.5, 0.6) is 0 Å². The number of aliphatic imine (C=N–C) groups is 1. The second-order valence-electron chi connectivity index (χ2n) is 5.06. The predicted octanol–water partition coefficient (Wildman–Crippen LogP) is 2.66. The van der Waals surface area contributed by atoms with E-state index < -0.39 is 0 Å². The van der Waals surface area contributed by atoms with Gasteiger partial charge in [-0.3, -0.25) is 4.99 Å². The Morgan fingerprint density at radius 3 is 2.50 bits per heavy atom. The summed E-state index contributed by atoms with van der Waals surface area (Å²) in [4.78, 5) is 4.87. The molecule has 0 spiro atoms. The molecule has 0 saturated heterocycles. The first-order valence-electron chi connectivity index (χ1n) is 5.29. The Balaban J connectivity index is 1.78. The van der Waals surface area contributed by atoms with Gasteiger partial charge in [-0.25, -0.2) is 0 Å². The lowest BCUT2D eigenvalue weighted by Gasteiger charge is -2.02. The molecule has 0 N–H and O–H groups in total. The molecule has 0 heterocycles. The van der Waals surface area contributed by atoms with Crippen molar-refractivity contribution in [2.45, 2.75) is 45.1 Å². The fourth-order valence-corrected chi connectivity index (χ4v) is 2.77. The molecule has 3 saturated carbocycles. The first-order valence-corrected chi connectivity index (χ1v) is 5.29. The third-order valence-corrected chi connectivity index (χ3v) is 4.03. The van der Waals surface area contributed by atoms with Gasteiger partial charge in [0.15, 0.2) is 0 Å². The van der Waals surface area contributed by atoms with Crippen molar-refractivity contribution in [3.63, 3.8) is 0 Å². The topological polar surface area (TPSA) is 12.4 Å². The Kier molecular flexibility index (Phi) is 1.15. The van der Waals surface area contributed by atoms with Crippen LogP contribution in [0.25, 0.3) is 0 Å². The lowest BCUT2D eigenvalue weighted by atomic mass is 10.2. The van der Waals surface area contributed by atoms with E-state index >= 15 is 0 Å². The summed E-state index contributed by atoms with van der Waals surface area (Å²) in [5, 5.41) is 0. The minimum absolute atomic E-state index is 0.382. The van der Waals surface area contributed by atoms with Gasteiger partial charge in [0.1, 0.15) is 0 Å². The fraction of sp³-hybridized carbons (Fsp3) is 0.909. The maximum atomic E-state index is 4.87. The van der Waals surface area contributed by atoms with Gasteiger partial charge >= 0.3 is 0 Å². The van der Waals surface area contributed by atoms with Crippen molar-refractivity contribution >= 4 is 5.71 Å². The van der Waals surface area contributed by atoms with E-state index in [0.717, 1.165) is 17.8 Å². The molecule has 0 radical (unpaired) electrons. The molecule has 3 aliphatic rings. The van der Waals surface area contributed by atoms with Gasteiger partial charge in [-0.15, -0.1) is 0 Å². The van der Waals surface area contributed by atoms with E-state index in [9.17, 15) is 0 Å². The smallest absolute Gasteiger partial charge is 0.0642 e. The molecular weight excluding hydrogens is 146 g/mol. The van der Waals surface area contributed by atoms with Crippen molar-refractivity contribution < 1.29 is 0 Å². The molecule has 3 rings (SSSR count). The lowest BCUT2D eigenvalue weighted by Crippen LogP contribution is -2.04. The van der Waals surface area contributed by atoms with Gasteiger partial charge in [0.2, 0.25) is 0 Å². The molecule has 3 aliphatic carbocycles. The summed E-state index contributed by atoms with van der Waals surface area (Å²) in [7, 11) is 0. The van der Waals surface area contributed by atoms with Crippen LogP contribution < -0.4 is 0 Å². The summed E-state index contributed by atoms with van der Waals surface area (Å²) in [5.41, 5.74) is 1.88. The Bertz CT molecular complexity index is 246. The monoisotopic (exact) mass is 163 g/mol. The van der Waals surface area contributed by atoms with Crippen LogP contribution in [-0.4, -0.2) is 11.3 Å². The summed E-state index contributed by atoms with van der Waals surface area (Å²) in [5.74, 6) is 2.87. The average molecular weight is 163 g/mol. The molecule has 1 unspecified atom stereocenters. The highest BCUT2D eigenvalue weighted by molar-refractivity contribution is 5.98.